The number of carbonyl (C=O) groups is 1. The van der Waals surface area contributed by atoms with Crippen LogP contribution in [0, 0.1) is 0 Å². The third-order valence-electron chi connectivity index (χ3n) is 3.90. The van der Waals surface area contributed by atoms with Crippen LogP contribution in [-0.2, 0) is 4.79 Å². The van der Waals surface area contributed by atoms with Gasteiger partial charge in [0.25, 0.3) is 0 Å². The van der Waals surface area contributed by atoms with Crippen LogP contribution in [0.5, 0.6) is 0 Å². The fourth-order valence-corrected chi connectivity index (χ4v) is 2.61. The molecule has 3 N–H and O–H groups in total. The fourth-order valence-electron chi connectivity index (χ4n) is 2.61. The van der Waals surface area contributed by atoms with Crippen molar-refractivity contribution in [1.82, 2.24) is 5.48 Å². The molecule has 0 saturated carbocycles. The molecule has 0 saturated heterocycles. The van der Waals surface area contributed by atoms with Crippen molar-refractivity contribution in [3.63, 3.8) is 0 Å². The van der Waals surface area contributed by atoms with Crippen molar-refractivity contribution in [3.8, 4) is 0 Å². The molecule has 0 aliphatic rings. The Bertz CT molecular complexity index is 683. The molecule has 5 nitrogen and oxygen atoms in total. The van der Waals surface area contributed by atoms with Crippen LogP contribution >= 0.6 is 0 Å². The molecule has 0 fully saturated rings. The van der Waals surface area contributed by atoms with E-state index in [1.54, 1.807) is 5.48 Å². The monoisotopic (exact) mass is 314 g/mol. The van der Waals surface area contributed by atoms with Gasteiger partial charge in [0.15, 0.2) is 0 Å². The van der Waals surface area contributed by atoms with Gasteiger partial charge in [-0.1, -0.05) is 54.4 Å². The Balaban J connectivity index is 1.84. The number of nitrogens with one attached hydrogen (secondary N) is 1. The third kappa shape index (κ3) is 5.07. The lowest BCUT2D eigenvalue weighted by atomic mass is 10.00. The first-order chi connectivity index (χ1) is 11.2. The van der Waals surface area contributed by atoms with Gasteiger partial charge in [0.1, 0.15) is 0 Å². The number of fused-ring (bicyclic) bond motifs is 1. The van der Waals surface area contributed by atoms with Crippen molar-refractivity contribution in [1.29, 1.82) is 0 Å². The highest BCUT2D eigenvalue weighted by atomic mass is 16.5. The van der Waals surface area contributed by atoms with Gasteiger partial charge in [-0.2, -0.15) is 0 Å². The molecular weight excluding hydrogens is 292 g/mol. The number of carbonyl (C=O) groups excluding carboxylic acids is 1. The predicted molar refractivity (Wildman–Crippen MR) is 89.9 cm³/mol. The summed E-state index contributed by atoms with van der Waals surface area (Å²) in [4.78, 5) is 10.9. The molecule has 0 bridgehead atoms. The van der Waals surface area contributed by atoms with Crippen molar-refractivity contribution >= 4 is 22.4 Å². The first-order valence-electron chi connectivity index (χ1n) is 7.87. The zero-order valence-electron chi connectivity index (χ0n) is 13.0. The Kier molecular flexibility index (Phi) is 6.56. The first-order valence-corrected chi connectivity index (χ1v) is 7.87. The number of unbranched alkanes of at least 4 members (excludes halogenated alkanes) is 3. The first kappa shape index (κ1) is 17.0. The number of hydroxylamine groups is 1. The minimum Gasteiger partial charge on any atom is -0.411 e. The van der Waals surface area contributed by atoms with Gasteiger partial charge in [-0.25, -0.2) is 5.48 Å². The largest absolute Gasteiger partial charge is 0.411 e. The number of rotatable bonds is 8. The maximum absolute atomic E-state index is 10.9. The highest BCUT2D eigenvalue weighted by molar-refractivity contribution is 6.03. The van der Waals surface area contributed by atoms with E-state index in [0.717, 1.165) is 42.0 Å². The zero-order chi connectivity index (χ0) is 16.5. The summed E-state index contributed by atoms with van der Waals surface area (Å²) in [6.45, 7) is 0. The van der Waals surface area contributed by atoms with Crippen molar-refractivity contribution in [2.75, 3.05) is 0 Å². The molecule has 0 heterocycles. The van der Waals surface area contributed by atoms with Crippen molar-refractivity contribution < 1.29 is 15.2 Å². The van der Waals surface area contributed by atoms with E-state index in [1.807, 2.05) is 36.4 Å². The molecule has 0 aromatic heterocycles. The average molecular weight is 314 g/mol. The molecule has 23 heavy (non-hydrogen) atoms. The van der Waals surface area contributed by atoms with E-state index in [0.29, 0.717) is 18.6 Å². The number of nitrogens with zero attached hydrogens (tertiary/aromatic N) is 1. The van der Waals surface area contributed by atoms with Gasteiger partial charge in [0, 0.05) is 6.42 Å². The molecule has 2 aromatic carbocycles. The topological polar surface area (TPSA) is 81.9 Å². The maximum Gasteiger partial charge on any atom is 0.243 e. The maximum atomic E-state index is 10.9. The van der Waals surface area contributed by atoms with Gasteiger partial charge < -0.3 is 5.21 Å². The number of benzene rings is 2. The van der Waals surface area contributed by atoms with Gasteiger partial charge in [-0.3, -0.25) is 10.0 Å². The lowest BCUT2D eigenvalue weighted by Gasteiger charge is -2.06. The molecule has 0 aliphatic heterocycles. The second-order valence-corrected chi connectivity index (χ2v) is 5.56. The molecule has 2 rings (SSSR count). The lowest BCUT2D eigenvalue weighted by molar-refractivity contribution is -0.129. The Hall–Kier alpha value is -2.40. The van der Waals surface area contributed by atoms with Crippen LogP contribution in [0.15, 0.2) is 47.6 Å². The molecule has 5 heteroatoms. The standard InChI is InChI=1S/C18H22N2O3/c21-18(20-23)10-4-2-1-3-9-17(19-22)16-12-11-14-7-5-6-8-15(14)13-16/h5-8,11-13,22-23H,1-4,9-10H2,(H,20,21). The van der Waals surface area contributed by atoms with Gasteiger partial charge in [0.2, 0.25) is 5.91 Å². The van der Waals surface area contributed by atoms with Crippen LogP contribution in [-0.4, -0.2) is 22.0 Å². The summed E-state index contributed by atoms with van der Waals surface area (Å²) in [5.74, 6) is -0.348. The fraction of sp³-hybridized carbons (Fsp3) is 0.333. The normalized spacial score (nSPS) is 11.6. The Morgan fingerprint density at radius 3 is 2.35 bits per heavy atom. The van der Waals surface area contributed by atoms with E-state index in [2.05, 4.69) is 11.2 Å². The predicted octanol–water partition coefficient (Wildman–Crippen LogP) is 3.86. The average Bonchev–Trinajstić information content (AvgIpc) is 2.60. The van der Waals surface area contributed by atoms with Crippen LogP contribution < -0.4 is 5.48 Å². The number of hydrogen-bond acceptors (Lipinski definition) is 4. The minimum atomic E-state index is -0.348. The van der Waals surface area contributed by atoms with Crippen LogP contribution in [0.4, 0.5) is 0 Å². The summed E-state index contributed by atoms with van der Waals surface area (Å²) < 4.78 is 0. The molecule has 122 valence electrons. The summed E-state index contributed by atoms with van der Waals surface area (Å²) in [5.41, 5.74) is 3.25. The van der Waals surface area contributed by atoms with E-state index in [4.69, 9.17) is 5.21 Å². The molecule has 0 aliphatic carbocycles. The van der Waals surface area contributed by atoms with Crippen LogP contribution in [0.25, 0.3) is 10.8 Å². The second-order valence-electron chi connectivity index (χ2n) is 5.56. The quantitative estimate of drug-likeness (QED) is 0.227. The van der Waals surface area contributed by atoms with Gasteiger partial charge in [0.05, 0.1) is 5.71 Å². The van der Waals surface area contributed by atoms with E-state index in [9.17, 15) is 10.0 Å². The van der Waals surface area contributed by atoms with Crippen LogP contribution in [0.2, 0.25) is 0 Å². The lowest BCUT2D eigenvalue weighted by Crippen LogP contribution is -2.17. The summed E-state index contributed by atoms with van der Waals surface area (Å²) in [6.07, 6.45) is 4.53. The molecule has 1 amide bonds. The highest BCUT2D eigenvalue weighted by Gasteiger charge is 2.06. The Morgan fingerprint density at radius 2 is 1.65 bits per heavy atom. The summed E-state index contributed by atoms with van der Waals surface area (Å²) >= 11 is 0. The third-order valence-corrected chi connectivity index (χ3v) is 3.90. The molecule has 0 unspecified atom stereocenters. The molecule has 2 aromatic rings. The van der Waals surface area contributed by atoms with E-state index in [-0.39, 0.29) is 5.91 Å². The summed E-state index contributed by atoms with van der Waals surface area (Å²) in [7, 11) is 0. The summed E-state index contributed by atoms with van der Waals surface area (Å²) in [6, 6.07) is 14.1. The zero-order valence-corrected chi connectivity index (χ0v) is 13.0. The van der Waals surface area contributed by atoms with Gasteiger partial charge >= 0.3 is 0 Å². The smallest absolute Gasteiger partial charge is 0.243 e. The van der Waals surface area contributed by atoms with Gasteiger partial charge in [-0.05, 0) is 41.7 Å². The van der Waals surface area contributed by atoms with Crippen LogP contribution in [0.1, 0.15) is 44.1 Å². The van der Waals surface area contributed by atoms with Gasteiger partial charge in [-0.15, -0.1) is 0 Å². The van der Waals surface area contributed by atoms with E-state index in [1.165, 1.54) is 0 Å². The Morgan fingerprint density at radius 1 is 0.957 bits per heavy atom. The van der Waals surface area contributed by atoms with E-state index < -0.39 is 0 Å². The van der Waals surface area contributed by atoms with Crippen molar-refractivity contribution in [2.24, 2.45) is 5.16 Å². The molecular formula is C18H22N2O3. The highest BCUT2D eigenvalue weighted by Crippen LogP contribution is 2.18. The van der Waals surface area contributed by atoms with Crippen LogP contribution in [0.3, 0.4) is 0 Å². The summed E-state index contributed by atoms with van der Waals surface area (Å²) in [5, 5.41) is 23.4. The number of oxime groups is 1. The minimum absolute atomic E-state index is 0.335. The van der Waals surface area contributed by atoms with Crippen molar-refractivity contribution in [3.05, 3.63) is 48.0 Å². The second kappa shape index (κ2) is 8.90. The molecule has 0 radical (unpaired) electrons. The number of amides is 1. The van der Waals surface area contributed by atoms with E-state index >= 15 is 0 Å². The molecule has 0 atom stereocenters. The van der Waals surface area contributed by atoms with Crippen molar-refractivity contribution in [2.45, 2.75) is 38.5 Å². The SMILES string of the molecule is O=C(CCCCCCC(=NO)c1ccc2ccccc2c1)NO. The molecule has 0 spiro atoms. The Labute approximate surface area is 135 Å². The number of hydrogen-bond donors (Lipinski definition) is 3.